The summed E-state index contributed by atoms with van der Waals surface area (Å²) in [6.45, 7) is 1.95. The number of carbonyl (C=O) groups excluding carboxylic acids is 3. The lowest BCUT2D eigenvalue weighted by Gasteiger charge is -2.22. The van der Waals surface area contributed by atoms with E-state index in [4.69, 9.17) is 21.1 Å². The van der Waals surface area contributed by atoms with Crippen LogP contribution in [0.1, 0.15) is 45.6 Å². The predicted molar refractivity (Wildman–Crippen MR) is 164 cm³/mol. The monoisotopic (exact) mass is 633 g/mol. The number of ketones is 1. The van der Waals surface area contributed by atoms with E-state index in [0.717, 1.165) is 16.9 Å². The number of halogens is 1. The van der Waals surface area contributed by atoms with Gasteiger partial charge in [0.25, 0.3) is 5.78 Å². The Bertz CT molecular complexity index is 1770. The minimum Gasteiger partial charge on any atom is -0.507 e. The molecule has 0 bridgehead atoms. The summed E-state index contributed by atoms with van der Waals surface area (Å²) in [4.78, 5) is 40.5. The predicted octanol–water partition coefficient (Wildman–Crippen LogP) is 6.22. The highest BCUT2D eigenvalue weighted by Gasteiger charge is 2.48. The zero-order chi connectivity index (χ0) is 30.2. The zero-order valence-electron chi connectivity index (χ0n) is 22.9. The van der Waals surface area contributed by atoms with Crippen molar-refractivity contribution >= 4 is 63.3 Å². The average Bonchev–Trinajstić information content (AvgIpc) is 3.71. The van der Waals surface area contributed by atoms with Crippen LogP contribution in [0.5, 0.6) is 5.75 Å². The van der Waals surface area contributed by atoms with Gasteiger partial charge in [-0.3, -0.25) is 14.5 Å². The molecule has 3 heterocycles. The number of aromatic nitrogens is 2. The molecule has 2 atom stereocenters. The van der Waals surface area contributed by atoms with Crippen molar-refractivity contribution < 1.29 is 29.0 Å². The Morgan fingerprint density at radius 1 is 1.09 bits per heavy atom. The molecule has 0 saturated carbocycles. The Labute approximate surface area is 260 Å². The van der Waals surface area contributed by atoms with E-state index in [1.54, 1.807) is 42.5 Å². The van der Waals surface area contributed by atoms with Crippen molar-refractivity contribution in [3.8, 4) is 5.75 Å². The number of carbonyl (C=O) groups is 3. The van der Waals surface area contributed by atoms with Crippen LogP contribution >= 0.6 is 34.7 Å². The van der Waals surface area contributed by atoms with Gasteiger partial charge in [-0.1, -0.05) is 59.0 Å². The van der Waals surface area contributed by atoms with Gasteiger partial charge in [0.05, 0.1) is 24.3 Å². The van der Waals surface area contributed by atoms with E-state index in [0.29, 0.717) is 38.2 Å². The summed E-state index contributed by atoms with van der Waals surface area (Å²) in [7, 11) is 1.28. The molecule has 43 heavy (non-hydrogen) atoms. The topological polar surface area (TPSA) is 119 Å². The van der Waals surface area contributed by atoms with E-state index in [9.17, 15) is 19.5 Å². The summed E-state index contributed by atoms with van der Waals surface area (Å²) in [6, 6.07) is 18.0. The second-order valence-corrected chi connectivity index (χ2v) is 12.6. The van der Waals surface area contributed by atoms with Crippen molar-refractivity contribution in [3.05, 3.63) is 105 Å². The number of hydrogen-bond acceptors (Lipinski definition) is 10. The lowest BCUT2D eigenvalue weighted by atomic mass is 9.94. The molecule has 2 aliphatic rings. The van der Waals surface area contributed by atoms with Gasteiger partial charge in [-0.15, -0.1) is 10.2 Å². The summed E-state index contributed by atoms with van der Waals surface area (Å²) in [5, 5.41) is 20.9. The molecule has 1 aromatic heterocycles. The molecule has 6 rings (SSSR count). The number of amides is 1. The van der Waals surface area contributed by atoms with Crippen molar-refractivity contribution in [1.82, 2.24) is 10.2 Å². The zero-order valence-corrected chi connectivity index (χ0v) is 25.3. The molecule has 4 aromatic rings. The molecule has 9 nitrogen and oxygen atoms in total. The van der Waals surface area contributed by atoms with Gasteiger partial charge in [0.2, 0.25) is 5.13 Å². The maximum atomic E-state index is 13.6. The molecule has 1 amide bonds. The smallest absolute Gasteiger partial charge is 0.337 e. The number of thioether (sulfide) groups is 1. The van der Waals surface area contributed by atoms with E-state index in [-0.39, 0.29) is 22.6 Å². The maximum Gasteiger partial charge on any atom is 0.337 e. The van der Waals surface area contributed by atoms with Crippen LogP contribution in [0.25, 0.3) is 5.76 Å². The average molecular weight is 634 g/mol. The highest BCUT2D eigenvalue weighted by Crippen LogP contribution is 2.44. The maximum absolute atomic E-state index is 13.6. The van der Waals surface area contributed by atoms with Gasteiger partial charge in [0.15, 0.2) is 4.34 Å². The van der Waals surface area contributed by atoms with Crippen LogP contribution in [0.15, 0.2) is 76.6 Å². The van der Waals surface area contributed by atoms with E-state index >= 15 is 0 Å². The fourth-order valence-corrected chi connectivity index (χ4v) is 7.02. The number of fused-ring (bicyclic) bond motifs is 1. The molecule has 1 saturated heterocycles. The summed E-state index contributed by atoms with van der Waals surface area (Å²) in [5.74, 6) is -1.21. The number of Topliss-reactive ketones (excluding diaryl/α,β-unsaturated/α-hetero) is 1. The third-order valence-corrected chi connectivity index (χ3v) is 9.52. The normalized spacial score (nSPS) is 18.9. The molecule has 1 fully saturated rings. The highest BCUT2D eigenvalue weighted by atomic mass is 35.5. The minimum absolute atomic E-state index is 0.00420. The molecule has 3 aromatic carbocycles. The van der Waals surface area contributed by atoms with Crippen LogP contribution < -0.4 is 9.64 Å². The van der Waals surface area contributed by atoms with Gasteiger partial charge in [0, 0.05) is 22.8 Å². The SMILES string of the molecule is COC(=O)c1ccc([C@@H]2/C(=C(\O)c3ccc4c(c3)C[C@H](C)O4)C(=O)C(=O)N2c2nnc(SCc3ccc(Cl)cc3)s2)cc1. The Hall–Kier alpha value is -4.19. The first-order chi connectivity index (χ1) is 20.7. The largest absolute Gasteiger partial charge is 0.507 e. The lowest BCUT2D eigenvalue weighted by Crippen LogP contribution is -2.29. The number of rotatable bonds is 7. The van der Waals surface area contributed by atoms with Crippen LogP contribution in [0.2, 0.25) is 5.02 Å². The molecule has 2 aliphatic heterocycles. The molecule has 0 unspecified atom stereocenters. The number of esters is 1. The Kier molecular flexibility index (Phi) is 7.95. The number of nitrogens with zero attached hydrogens (tertiary/aromatic N) is 3. The molecule has 0 spiro atoms. The first kappa shape index (κ1) is 28.9. The quantitative estimate of drug-likeness (QED) is 0.0632. The standard InChI is InChI=1S/C31H24ClN3O6S2/c1-16-13-21-14-20(9-12-23(21)41-16)26(36)24-25(18-5-7-19(8-6-18)29(39)40-2)35(28(38)27(24)37)30-33-34-31(43-30)42-15-17-3-10-22(32)11-4-17/h3-12,14,16,25,36H,13,15H2,1-2H3/b26-24+/t16-,25+/m0/s1. The Balaban J connectivity index is 1.39. The second kappa shape index (κ2) is 11.8. The van der Waals surface area contributed by atoms with Gasteiger partial charge in [-0.25, -0.2) is 4.79 Å². The molecule has 1 N–H and O–H groups in total. The third kappa shape index (κ3) is 5.63. The number of aliphatic hydroxyl groups excluding tert-OH is 1. The molecular weight excluding hydrogens is 610 g/mol. The van der Waals surface area contributed by atoms with Gasteiger partial charge in [-0.05, 0) is 66.1 Å². The summed E-state index contributed by atoms with van der Waals surface area (Å²) >= 11 is 8.59. The first-order valence-corrected chi connectivity index (χ1v) is 15.4. The van der Waals surface area contributed by atoms with Crippen LogP contribution in [0.3, 0.4) is 0 Å². The van der Waals surface area contributed by atoms with Crippen molar-refractivity contribution in [3.63, 3.8) is 0 Å². The number of benzene rings is 3. The fraction of sp³-hybridized carbons (Fsp3) is 0.194. The molecule has 12 heteroatoms. The van der Waals surface area contributed by atoms with E-state index < -0.39 is 23.7 Å². The first-order valence-electron chi connectivity index (χ1n) is 13.2. The van der Waals surface area contributed by atoms with E-state index in [2.05, 4.69) is 10.2 Å². The van der Waals surface area contributed by atoms with Gasteiger partial charge in [-0.2, -0.15) is 0 Å². The number of aliphatic hydroxyl groups is 1. The number of hydrogen-bond donors (Lipinski definition) is 1. The molecular formula is C31H24ClN3O6S2. The molecule has 0 radical (unpaired) electrons. The van der Waals surface area contributed by atoms with Crippen LogP contribution in [0.4, 0.5) is 5.13 Å². The van der Waals surface area contributed by atoms with E-state index in [1.165, 1.54) is 35.1 Å². The van der Waals surface area contributed by atoms with Crippen LogP contribution in [-0.2, 0) is 26.5 Å². The van der Waals surface area contributed by atoms with Crippen molar-refractivity contribution in [2.75, 3.05) is 12.0 Å². The molecule has 218 valence electrons. The van der Waals surface area contributed by atoms with Gasteiger partial charge >= 0.3 is 11.9 Å². The summed E-state index contributed by atoms with van der Waals surface area (Å²) in [5.41, 5.74) is 3.03. The van der Waals surface area contributed by atoms with Crippen molar-refractivity contribution in [2.45, 2.75) is 35.6 Å². The fourth-order valence-electron chi connectivity index (χ4n) is 5.07. The number of anilines is 1. The minimum atomic E-state index is -1.02. The Morgan fingerprint density at radius 3 is 2.53 bits per heavy atom. The van der Waals surface area contributed by atoms with E-state index in [1.807, 2.05) is 31.2 Å². The lowest BCUT2D eigenvalue weighted by molar-refractivity contribution is -0.132. The number of methoxy groups -OCH3 is 1. The second-order valence-electron chi connectivity index (χ2n) is 10.0. The highest BCUT2D eigenvalue weighted by molar-refractivity contribution is 8.00. The van der Waals surface area contributed by atoms with Gasteiger partial charge in [0.1, 0.15) is 17.6 Å². The summed E-state index contributed by atoms with van der Waals surface area (Å²) < 4.78 is 11.2. The van der Waals surface area contributed by atoms with Crippen LogP contribution in [0, 0.1) is 0 Å². The van der Waals surface area contributed by atoms with Crippen molar-refractivity contribution in [2.24, 2.45) is 0 Å². The van der Waals surface area contributed by atoms with Gasteiger partial charge < -0.3 is 14.6 Å². The van der Waals surface area contributed by atoms with Crippen molar-refractivity contribution in [1.29, 1.82) is 0 Å². The molecule has 0 aliphatic carbocycles. The van der Waals surface area contributed by atoms with Crippen LogP contribution in [-0.4, -0.2) is 46.2 Å². The Morgan fingerprint density at radius 2 is 1.81 bits per heavy atom. The summed E-state index contributed by atoms with van der Waals surface area (Å²) in [6.07, 6.45) is 0.653. The third-order valence-electron chi connectivity index (χ3n) is 7.14. The number of ether oxygens (including phenoxy) is 2.